The molecule has 0 bridgehead atoms. The quantitative estimate of drug-likeness (QED) is 0.838. The van der Waals surface area contributed by atoms with E-state index < -0.39 is 0 Å². The van der Waals surface area contributed by atoms with E-state index in [1.807, 2.05) is 19.2 Å². The Kier molecular flexibility index (Phi) is 4.85. The highest BCUT2D eigenvalue weighted by molar-refractivity contribution is 6.31. The first-order valence-electron chi connectivity index (χ1n) is 5.19. The van der Waals surface area contributed by atoms with E-state index in [2.05, 4.69) is 29.2 Å². The largest absolute Gasteiger partial charge is 0.373 e. The summed E-state index contributed by atoms with van der Waals surface area (Å²) in [7, 11) is 3.93. The monoisotopic (exact) mass is 227 g/mol. The average molecular weight is 228 g/mol. The zero-order valence-electron chi connectivity index (χ0n) is 9.55. The Hall–Kier alpha value is -0.800. The summed E-state index contributed by atoms with van der Waals surface area (Å²) >= 11 is 6.08. The summed E-state index contributed by atoms with van der Waals surface area (Å²) in [5.74, 6) is 0.860. The van der Waals surface area contributed by atoms with Crippen molar-refractivity contribution in [1.82, 2.24) is 9.88 Å². The van der Waals surface area contributed by atoms with Crippen molar-refractivity contribution < 1.29 is 0 Å². The summed E-state index contributed by atoms with van der Waals surface area (Å²) in [4.78, 5) is 6.64. The maximum absolute atomic E-state index is 6.08. The number of aromatic nitrogens is 1. The molecule has 0 radical (unpaired) electrons. The van der Waals surface area contributed by atoms with Crippen LogP contribution in [-0.2, 0) is 6.54 Å². The van der Waals surface area contributed by atoms with Crippen molar-refractivity contribution in [2.24, 2.45) is 0 Å². The predicted octanol–water partition coefficient (Wildman–Crippen LogP) is 2.62. The molecule has 4 heteroatoms. The molecule has 1 aromatic rings. The SMILES string of the molecule is CCCN(C)Cc1nc(NC)ccc1Cl. The number of anilines is 1. The molecule has 0 aliphatic rings. The Morgan fingerprint density at radius 2 is 2.20 bits per heavy atom. The summed E-state index contributed by atoms with van der Waals surface area (Å²) < 4.78 is 0. The van der Waals surface area contributed by atoms with Crippen LogP contribution in [0.1, 0.15) is 19.0 Å². The van der Waals surface area contributed by atoms with Gasteiger partial charge in [-0.25, -0.2) is 4.98 Å². The van der Waals surface area contributed by atoms with Gasteiger partial charge in [0.05, 0.1) is 10.7 Å². The minimum absolute atomic E-state index is 0.733. The topological polar surface area (TPSA) is 28.2 Å². The number of halogens is 1. The third kappa shape index (κ3) is 3.68. The maximum Gasteiger partial charge on any atom is 0.126 e. The maximum atomic E-state index is 6.08. The molecule has 0 saturated carbocycles. The van der Waals surface area contributed by atoms with Crippen molar-refractivity contribution in [2.45, 2.75) is 19.9 Å². The third-order valence-corrected chi connectivity index (χ3v) is 2.54. The molecule has 0 unspecified atom stereocenters. The lowest BCUT2D eigenvalue weighted by atomic mass is 10.3. The van der Waals surface area contributed by atoms with E-state index in [-0.39, 0.29) is 0 Å². The highest BCUT2D eigenvalue weighted by Crippen LogP contribution is 2.17. The fourth-order valence-electron chi connectivity index (χ4n) is 1.45. The predicted molar refractivity (Wildman–Crippen MR) is 65.4 cm³/mol. The molecule has 84 valence electrons. The van der Waals surface area contributed by atoms with Crippen molar-refractivity contribution in [3.05, 3.63) is 22.8 Å². The molecular weight excluding hydrogens is 210 g/mol. The van der Waals surface area contributed by atoms with Crippen molar-refractivity contribution in [1.29, 1.82) is 0 Å². The summed E-state index contributed by atoms with van der Waals surface area (Å²) in [5, 5.41) is 3.74. The van der Waals surface area contributed by atoms with Gasteiger partial charge in [-0.05, 0) is 32.1 Å². The van der Waals surface area contributed by atoms with Crippen molar-refractivity contribution >= 4 is 17.4 Å². The first-order valence-corrected chi connectivity index (χ1v) is 5.57. The van der Waals surface area contributed by atoms with Gasteiger partial charge in [0.15, 0.2) is 0 Å². The van der Waals surface area contributed by atoms with Gasteiger partial charge in [-0.1, -0.05) is 18.5 Å². The van der Waals surface area contributed by atoms with Crippen molar-refractivity contribution in [2.75, 3.05) is 26.0 Å². The highest BCUT2D eigenvalue weighted by atomic mass is 35.5. The van der Waals surface area contributed by atoms with Crippen LogP contribution in [0.3, 0.4) is 0 Å². The zero-order chi connectivity index (χ0) is 11.3. The van der Waals surface area contributed by atoms with Crippen LogP contribution in [0.2, 0.25) is 5.02 Å². The van der Waals surface area contributed by atoms with Gasteiger partial charge >= 0.3 is 0 Å². The van der Waals surface area contributed by atoms with Gasteiger partial charge in [0, 0.05) is 13.6 Å². The fourth-order valence-corrected chi connectivity index (χ4v) is 1.62. The molecule has 0 aromatic carbocycles. The molecule has 15 heavy (non-hydrogen) atoms. The molecule has 0 atom stereocenters. The van der Waals surface area contributed by atoms with Gasteiger partial charge in [0.25, 0.3) is 0 Å². The molecule has 0 saturated heterocycles. The molecule has 0 spiro atoms. The first-order chi connectivity index (χ1) is 7.17. The summed E-state index contributed by atoms with van der Waals surface area (Å²) in [6, 6.07) is 3.77. The molecule has 1 rings (SSSR count). The minimum Gasteiger partial charge on any atom is -0.373 e. The molecule has 3 nitrogen and oxygen atoms in total. The lowest BCUT2D eigenvalue weighted by molar-refractivity contribution is 0.324. The molecule has 0 fully saturated rings. The number of nitrogens with zero attached hydrogens (tertiary/aromatic N) is 2. The van der Waals surface area contributed by atoms with Gasteiger partial charge in [-0.15, -0.1) is 0 Å². The Balaban J connectivity index is 2.74. The minimum atomic E-state index is 0.733. The van der Waals surface area contributed by atoms with Crippen LogP contribution in [-0.4, -0.2) is 30.5 Å². The fraction of sp³-hybridized carbons (Fsp3) is 0.545. The van der Waals surface area contributed by atoms with Crippen LogP contribution in [0.25, 0.3) is 0 Å². The summed E-state index contributed by atoms with van der Waals surface area (Å²) in [6.07, 6.45) is 1.14. The van der Waals surface area contributed by atoms with E-state index in [1.165, 1.54) is 0 Å². The summed E-state index contributed by atoms with van der Waals surface area (Å²) in [5.41, 5.74) is 0.930. The number of rotatable bonds is 5. The number of pyridine rings is 1. The van der Waals surface area contributed by atoms with Gasteiger partial charge < -0.3 is 10.2 Å². The normalized spacial score (nSPS) is 10.7. The smallest absolute Gasteiger partial charge is 0.126 e. The van der Waals surface area contributed by atoms with E-state index >= 15 is 0 Å². The third-order valence-electron chi connectivity index (χ3n) is 2.20. The van der Waals surface area contributed by atoms with Gasteiger partial charge in [-0.3, -0.25) is 0 Å². The Morgan fingerprint density at radius 3 is 2.80 bits per heavy atom. The van der Waals surface area contributed by atoms with Gasteiger partial charge in [0.2, 0.25) is 0 Å². The van der Waals surface area contributed by atoms with E-state index in [0.29, 0.717) is 0 Å². The van der Waals surface area contributed by atoms with Crippen LogP contribution < -0.4 is 5.32 Å². The van der Waals surface area contributed by atoms with Crippen LogP contribution in [0.15, 0.2) is 12.1 Å². The van der Waals surface area contributed by atoms with E-state index in [0.717, 1.165) is 36.0 Å². The Morgan fingerprint density at radius 1 is 1.47 bits per heavy atom. The number of hydrogen-bond acceptors (Lipinski definition) is 3. The van der Waals surface area contributed by atoms with E-state index in [1.54, 1.807) is 0 Å². The zero-order valence-corrected chi connectivity index (χ0v) is 10.3. The molecule has 0 aliphatic carbocycles. The Labute approximate surface area is 96.5 Å². The van der Waals surface area contributed by atoms with Gasteiger partial charge in [0.1, 0.15) is 5.82 Å². The second-order valence-corrected chi connectivity index (χ2v) is 4.02. The number of hydrogen-bond donors (Lipinski definition) is 1. The van der Waals surface area contributed by atoms with Crippen LogP contribution in [0.4, 0.5) is 5.82 Å². The van der Waals surface area contributed by atoms with Crippen LogP contribution in [0, 0.1) is 0 Å². The van der Waals surface area contributed by atoms with Crippen LogP contribution in [0.5, 0.6) is 0 Å². The lowest BCUT2D eigenvalue weighted by Crippen LogP contribution is -2.19. The average Bonchev–Trinajstić information content (AvgIpc) is 2.21. The molecule has 1 heterocycles. The molecular formula is C11H18ClN3. The second-order valence-electron chi connectivity index (χ2n) is 3.61. The Bertz CT molecular complexity index is 315. The van der Waals surface area contributed by atoms with E-state index in [9.17, 15) is 0 Å². The molecule has 0 amide bonds. The van der Waals surface area contributed by atoms with E-state index in [4.69, 9.17) is 11.6 Å². The first kappa shape index (κ1) is 12.3. The number of nitrogens with one attached hydrogen (secondary N) is 1. The summed E-state index contributed by atoms with van der Waals surface area (Å²) in [6.45, 7) is 4.01. The van der Waals surface area contributed by atoms with Crippen molar-refractivity contribution in [3.63, 3.8) is 0 Å². The molecule has 0 aliphatic heterocycles. The standard InChI is InChI=1S/C11H18ClN3/c1-4-7-15(3)8-10-9(12)5-6-11(13-2)14-10/h5-6H,4,7-8H2,1-3H3,(H,13,14). The molecule has 1 aromatic heterocycles. The van der Waals surface area contributed by atoms with Crippen LogP contribution >= 0.6 is 11.6 Å². The second kappa shape index (κ2) is 5.93. The van der Waals surface area contributed by atoms with Crippen molar-refractivity contribution in [3.8, 4) is 0 Å². The highest BCUT2D eigenvalue weighted by Gasteiger charge is 2.06. The lowest BCUT2D eigenvalue weighted by Gasteiger charge is -2.16. The van der Waals surface area contributed by atoms with Gasteiger partial charge in [-0.2, -0.15) is 0 Å². The molecule has 1 N–H and O–H groups in total.